The molecule has 1 fully saturated rings. The third kappa shape index (κ3) is 9.74. The highest BCUT2D eigenvalue weighted by Crippen LogP contribution is 2.31. The molecule has 0 N–H and O–H groups in total. The molecule has 0 saturated carbocycles. The molecular formula is C17H42O5Si4. The Morgan fingerprint density at radius 3 is 1.31 bits per heavy atom. The molecule has 1 aliphatic heterocycles. The maximum absolute atomic E-state index is 6.63. The molecule has 1 heterocycles. The van der Waals surface area contributed by atoms with Crippen molar-refractivity contribution in [2.24, 2.45) is 0 Å². The highest BCUT2D eigenvalue weighted by Gasteiger charge is 2.48. The standard InChI is InChI=1S/C17H42O5Si4/c1-23(2,3)19-14-13-18-17(22-26(10,11)12)16(21-25(7,8)9)15(14)20-24(4,5)6/h14-17H,13H2,1-12H3/t14-,15+,16+,17+/m0/s1. The summed E-state index contributed by atoms with van der Waals surface area (Å²) >= 11 is 0. The lowest BCUT2D eigenvalue weighted by Gasteiger charge is -2.48. The van der Waals surface area contributed by atoms with Crippen molar-refractivity contribution in [2.75, 3.05) is 6.61 Å². The van der Waals surface area contributed by atoms with Crippen molar-refractivity contribution in [3.8, 4) is 0 Å². The lowest BCUT2D eigenvalue weighted by Crippen LogP contribution is -2.63. The molecule has 0 bridgehead atoms. The molecule has 9 heteroatoms. The minimum absolute atomic E-state index is 0.101. The summed E-state index contributed by atoms with van der Waals surface area (Å²) in [5.41, 5.74) is 0. The molecule has 26 heavy (non-hydrogen) atoms. The van der Waals surface area contributed by atoms with Crippen LogP contribution in [0.2, 0.25) is 78.6 Å². The van der Waals surface area contributed by atoms with E-state index < -0.39 is 33.3 Å². The lowest BCUT2D eigenvalue weighted by molar-refractivity contribution is -0.232. The fourth-order valence-electron chi connectivity index (χ4n) is 2.83. The van der Waals surface area contributed by atoms with Crippen LogP contribution in [0, 0.1) is 0 Å². The van der Waals surface area contributed by atoms with E-state index in [1.54, 1.807) is 0 Å². The molecule has 1 saturated heterocycles. The lowest BCUT2D eigenvalue weighted by atomic mass is 10.1. The Labute approximate surface area is 165 Å². The third-order valence-corrected chi connectivity index (χ3v) is 7.24. The van der Waals surface area contributed by atoms with Crippen LogP contribution in [0.5, 0.6) is 0 Å². The molecule has 0 aromatic rings. The predicted octanol–water partition coefficient (Wildman–Crippen LogP) is 4.85. The second-order valence-corrected chi connectivity index (χ2v) is 28.9. The van der Waals surface area contributed by atoms with Gasteiger partial charge < -0.3 is 22.4 Å². The van der Waals surface area contributed by atoms with E-state index >= 15 is 0 Å². The number of hydrogen-bond acceptors (Lipinski definition) is 5. The normalized spacial score (nSPS) is 29.1. The Balaban J connectivity index is 3.20. The molecule has 0 unspecified atom stereocenters. The topological polar surface area (TPSA) is 46.2 Å². The number of rotatable bonds is 8. The minimum atomic E-state index is -1.82. The van der Waals surface area contributed by atoms with Crippen LogP contribution in [0.25, 0.3) is 0 Å². The fourth-order valence-corrected chi connectivity index (χ4v) is 7.01. The average Bonchev–Trinajstić information content (AvgIpc) is 2.30. The van der Waals surface area contributed by atoms with E-state index in [1.165, 1.54) is 0 Å². The van der Waals surface area contributed by atoms with Gasteiger partial charge in [0.2, 0.25) is 0 Å². The van der Waals surface area contributed by atoms with Crippen LogP contribution in [-0.4, -0.2) is 64.5 Å². The summed E-state index contributed by atoms with van der Waals surface area (Å²) in [5, 5.41) is 0. The van der Waals surface area contributed by atoms with Crippen molar-refractivity contribution in [3.05, 3.63) is 0 Å². The second kappa shape index (κ2) is 8.58. The Morgan fingerprint density at radius 2 is 0.923 bits per heavy atom. The molecule has 156 valence electrons. The van der Waals surface area contributed by atoms with E-state index in [1.807, 2.05) is 0 Å². The predicted molar refractivity (Wildman–Crippen MR) is 119 cm³/mol. The molecule has 0 aliphatic carbocycles. The molecule has 1 aliphatic rings. The van der Waals surface area contributed by atoms with Crippen LogP contribution >= 0.6 is 0 Å². The first-order chi connectivity index (χ1) is 11.4. The van der Waals surface area contributed by atoms with Gasteiger partial charge in [-0.05, 0) is 78.6 Å². The largest absolute Gasteiger partial charge is 0.410 e. The summed E-state index contributed by atoms with van der Waals surface area (Å²) in [7, 11) is -7.14. The van der Waals surface area contributed by atoms with Crippen molar-refractivity contribution in [1.29, 1.82) is 0 Å². The average molecular weight is 439 g/mol. The summed E-state index contributed by atoms with van der Waals surface area (Å²) in [6, 6.07) is 0. The summed E-state index contributed by atoms with van der Waals surface area (Å²) < 4.78 is 32.2. The maximum atomic E-state index is 6.63. The van der Waals surface area contributed by atoms with Gasteiger partial charge in [-0.2, -0.15) is 0 Å². The van der Waals surface area contributed by atoms with E-state index in [0.29, 0.717) is 6.61 Å². The Hall–Kier alpha value is 0.668. The maximum Gasteiger partial charge on any atom is 0.187 e. The van der Waals surface area contributed by atoms with Gasteiger partial charge in [-0.15, -0.1) is 0 Å². The van der Waals surface area contributed by atoms with E-state index in [4.69, 9.17) is 22.4 Å². The van der Waals surface area contributed by atoms with Crippen molar-refractivity contribution >= 4 is 33.3 Å². The zero-order valence-corrected chi connectivity index (χ0v) is 23.1. The SMILES string of the molecule is C[Si](C)(C)O[C@H]1OC[C@H](O[Si](C)(C)C)[C@@H](O[Si](C)(C)C)[C@H]1O[Si](C)(C)C. The number of ether oxygens (including phenoxy) is 1. The van der Waals surface area contributed by atoms with Gasteiger partial charge in [0, 0.05) is 0 Å². The molecule has 0 radical (unpaired) electrons. The van der Waals surface area contributed by atoms with Crippen molar-refractivity contribution in [3.63, 3.8) is 0 Å². The van der Waals surface area contributed by atoms with Crippen LogP contribution in [0.15, 0.2) is 0 Å². The summed E-state index contributed by atoms with van der Waals surface area (Å²) in [4.78, 5) is 0. The molecule has 0 amide bonds. The molecule has 0 aromatic carbocycles. The van der Waals surface area contributed by atoms with E-state index in [2.05, 4.69) is 78.6 Å². The first-order valence-electron chi connectivity index (χ1n) is 9.69. The van der Waals surface area contributed by atoms with Gasteiger partial charge in [0.25, 0.3) is 0 Å². The molecule has 0 spiro atoms. The second-order valence-electron chi connectivity index (χ2n) is 11.1. The summed E-state index contributed by atoms with van der Waals surface area (Å²) in [6.07, 6.45) is -0.863. The zero-order valence-electron chi connectivity index (χ0n) is 19.1. The van der Waals surface area contributed by atoms with Crippen LogP contribution in [0.3, 0.4) is 0 Å². The highest BCUT2D eigenvalue weighted by molar-refractivity contribution is 6.71. The van der Waals surface area contributed by atoms with E-state index in [9.17, 15) is 0 Å². The van der Waals surface area contributed by atoms with Gasteiger partial charge in [0.15, 0.2) is 39.6 Å². The highest BCUT2D eigenvalue weighted by atomic mass is 28.4. The molecule has 5 nitrogen and oxygen atoms in total. The van der Waals surface area contributed by atoms with Crippen LogP contribution in [0.4, 0.5) is 0 Å². The molecule has 1 rings (SSSR count). The summed E-state index contributed by atoms with van der Waals surface area (Å²) in [5.74, 6) is 0. The van der Waals surface area contributed by atoms with Gasteiger partial charge in [-0.1, -0.05) is 0 Å². The van der Waals surface area contributed by atoms with Gasteiger partial charge in [0.05, 0.1) is 12.7 Å². The molecular weight excluding hydrogens is 397 g/mol. The number of hydrogen-bond donors (Lipinski definition) is 0. The van der Waals surface area contributed by atoms with Crippen LogP contribution in [-0.2, 0) is 22.4 Å². The van der Waals surface area contributed by atoms with Crippen molar-refractivity contribution < 1.29 is 22.4 Å². The first-order valence-corrected chi connectivity index (χ1v) is 23.3. The summed E-state index contributed by atoms with van der Waals surface area (Å²) in [6.45, 7) is 26.9. The Morgan fingerprint density at radius 1 is 0.538 bits per heavy atom. The Bertz CT molecular complexity index is 406. The van der Waals surface area contributed by atoms with Gasteiger partial charge in [-0.3, -0.25) is 0 Å². The van der Waals surface area contributed by atoms with E-state index in [-0.39, 0.29) is 24.6 Å². The smallest absolute Gasteiger partial charge is 0.187 e. The van der Waals surface area contributed by atoms with Crippen molar-refractivity contribution in [2.45, 2.75) is 103 Å². The third-order valence-electron chi connectivity index (χ3n) is 3.34. The van der Waals surface area contributed by atoms with Gasteiger partial charge >= 0.3 is 0 Å². The fraction of sp³-hybridized carbons (Fsp3) is 1.00. The van der Waals surface area contributed by atoms with E-state index in [0.717, 1.165) is 0 Å². The van der Waals surface area contributed by atoms with Gasteiger partial charge in [-0.25, -0.2) is 0 Å². The van der Waals surface area contributed by atoms with Crippen molar-refractivity contribution in [1.82, 2.24) is 0 Å². The van der Waals surface area contributed by atoms with Crippen LogP contribution < -0.4 is 0 Å². The minimum Gasteiger partial charge on any atom is -0.410 e. The molecule has 4 atom stereocenters. The van der Waals surface area contributed by atoms with Crippen LogP contribution in [0.1, 0.15) is 0 Å². The zero-order chi connectivity index (χ0) is 20.6. The first kappa shape index (κ1) is 24.7. The quantitative estimate of drug-likeness (QED) is 0.507. The van der Waals surface area contributed by atoms with Gasteiger partial charge in [0.1, 0.15) is 12.2 Å². The molecule has 0 aromatic heterocycles. The monoisotopic (exact) mass is 438 g/mol. The Kier molecular flexibility index (Phi) is 8.15.